The van der Waals surface area contributed by atoms with Crippen molar-refractivity contribution in [2.45, 2.75) is 38.1 Å². The lowest BCUT2D eigenvalue weighted by atomic mass is 9.94. The number of sulfonamides is 1. The summed E-state index contributed by atoms with van der Waals surface area (Å²) in [5.41, 5.74) is -3.27. The number of nitrogens with zero attached hydrogens (tertiary/aromatic N) is 5. The maximum absolute atomic E-state index is 13.6. The lowest BCUT2D eigenvalue weighted by Gasteiger charge is -2.44. The molecule has 0 radical (unpaired) electrons. The number of aromatic nitrogens is 1. The zero-order chi connectivity index (χ0) is 29.3. The number of fused-ring (bicyclic) bond motifs is 5. The minimum Gasteiger partial charge on any atom is -0.494 e. The van der Waals surface area contributed by atoms with E-state index in [0.717, 1.165) is 16.7 Å². The van der Waals surface area contributed by atoms with Crippen molar-refractivity contribution in [2.75, 3.05) is 58.1 Å². The first-order chi connectivity index (χ1) is 18.6. The molecule has 218 valence electrons. The van der Waals surface area contributed by atoms with E-state index >= 15 is 0 Å². The van der Waals surface area contributed by atoms with Crippen LogP contribution in [0.15, 0.2) is 18.2 Å². The maximum Gasteiger partial charge on any atom is 0.417 e. The van der Waals surface area contributed by atoms with Crippen molar-refractivity contribution >= 4 is 10.0 Å². The second kappa shape index (κ2) is 9.63. The number of halogens is 3. The average molecular weight is 584 g/mol. The van der Waals surface area contributed by atoms with Gasteiger partial charge in [0.05, 0.1) is 39.8 Å². The van der Waals surface area contributed by atoms with Crippen LogP contribution in [0.1, 0.15) is 43.0 Å². The second-order valence-corrected chi connectivity index (χ2v) is 13.2. The van der Waals surface area contributed by atoms with Crippen LogP contribution >= 0.6 is 0 Å². The molecule has 5 rings (SSSR count). The summed E-state index contributed by atoms with van der Waals surface area (Å²) in [5.74, 6) is -0.742. The van der Waals surface area contributed by atoms with E-state index in [2.05, 4.69) is 9.80 Å². The fourth-order valence-corrected chi connectivity index (χ4v) is 7.47. The van der Waals surface area contributed by atoms with Gasteiger partial charge in [-0.3, -0.25) is 14.4 Å². The highest BCUT2D eigenvalue weighted by atomic mass is 32.2. The third-order valence-electron chi connectivity index (χ3n) is 8.19. The highest BCUT2D eigenvalue weighted by molar-refractivity contribution is 7.89. The smallest absolute Gasteiger partial charge is 0.417 e. The quantitative estimate of drug-likeness (QED) is 0.532. The SMILES string of the molecule is CCS(=O)(=O)N1CCN(CCN2CC3(C)OC(C)(C2)c2c3c(O)n(-c3ccc(C#N)c(C(F)(F)F)c3)c2O)CC1. The topological polar surface area (TPSA) is 122 Å². The van der Waals surface area contributed by atoms with Crippen LogP contribution in [0.4, 0.5) is 13.2 Å². The number of aromatic hydroxyl groups is 2. The van der Waals surface area contributed by atoms with Gasteiger partial charge >= 0.3 is 6.18 Å². The monoisotopic (exact) mass is 583 g/mol. The molecule has 10 nitrogen and oxygen atoms in total. The summed E-state index contributed by atoms with van der Waals surface area (Å²) >= 11 is 0. The van der Waals surface area contributed by atoms with Crippen molar-refractivity contribution in [1.82, 2.24) is 18.7 Å². The molecule has 0 saturated carbocycles. The predicted octanol–water partition coefficient (Wildman–Crippen LogP) is 2.52. The van der Waals surface area contributed by atoms with E-state index in [4.69, 9.17) is 10.00 Å². The van der Waals surface area contributed by atoms with Crippen molar-refractivity contribution < 1.29 is 36.5 Å². The van der Waals surface area contributed by atoms with E-state index in [1.807, 2.05) is 0 Å². The van der Waals surface area contributed by atoms with E-state index in [1.54, 1.807) is 20.8 Å². The van der Waals surface area contributed by atoms with Gasteiger partial charge in [-0.1, -0.05) is 0 Å². The van der Waals surface area contributed by atoms with E-state index in [-0.39, 0.29) is 11.4 Å². The molecule has 40 heavy (non-hydrogen) atoms. The van der Waals surface area contributed by atoms with Crippen molar-refractivity contribution in [3.8, 4) is 23.5 Å². The van der Waals surface area contributed by atoms with E-state index in [9.17, 15) is 31.8 Å². The fraction of sp³-hybridized carbons (Fsp3) is 0.577. The molecule has 2 atom stereocenters. The summed E-state index contributed by atoms with van der Waals surface area (Å²) in [6.07, 6.45) is -4.79. The van der Waals surface area contributed by atoms with Gasteiger partial charge in [-0.25, -0.2) is 8.42 Å². The zero-order valence-corrected chi connectivity index (χ0v) is 23.3. The third kappa shape index (κ3) is 4.63. The molecule has 2 unspecified atom stereocenters. The van der Waals surface area contributed by atoms with Crippen LogP contribution in [0.25, 0.3) is 5.69 Å². The number of rotatable bonds is 6. The maximum atomic E-state index is 13.6. The van der Waals surface area contributed by atoms with Crippen molar-refractivity contribution in [2.24, 2.45) is 0 Å². The molecular weight excluding hydrogens is 551 g/mol. The molecule has 1 aromatic heterocycles. The molecule has 2 bridgehead atoms. The first-order valence-corrected chi connectivity index (χ1v) is 14.7. The Bertz CT molecular complexity index is 1440. The molecule has 3 aliphatic rings. The van der Waals surface area contributed by atoms with Crippen LogP contribution in [0, 0.1) is 11.3 Å². The average Bonchev–Trinajstić information content (AvgIpc) is 3.26. The van der Waals surface area contributed by atoms with Gasteiger partial charge in [0, 0.05) is 52.4 Å². The number of hydrogen-bond donors (Lipinski definition) is 2. The highest BCUT2D eigenvalue weighted by Gasteiger charge is 2.58. The summed E-state index contributed by atoms with van der Waals surface area (Å²) in [6.45, 7) is 9.40. The number of morpholine rings is 1. The summed E-state index contributed by atoms with van der Waals surface area (Å²) in [6, 6.07) is 4.54. The Labute approximate surface area is 230 Å². The fourth-order valence-electron chi connectivity index (χ4n) is 6.38. The molecule has 0 spiro atoms. The summed E-state index contributed by atoms with van der Waals surface area (Å²) in [7, 11) is -3.21. The Morgan fingerprint density at radius 3 is 2.05 bits per heavy atom. The number of alkyl halides is 3. The lowest BCUT2D eigenvalue weighted by Crippen LogP contribution is -2.55. The predicted molar refractivity (Wildman–Crippen MR) is 139 cm³/mol. The van der Waals surface area contributed by atoms with Gasteiger partial charge in [0.15, 0.2) is 0 Å². The molecule has 3 aliphatic heterocycles. The van der Waals surface area contributed by atoms with Crippen LogP contribution in [0.2, 0.25) is 0 Å². The minimum absolute atomic E-state index is 0.0788. The van der Waals surface area contributed by atoms with Crippen molar-refractivity contribution in [3.63, 3.8) is 0 Å². The molecule has 2 N–H and O–H groups in total. The number of hydrogen-bond acceptors (Lipinski definition) is 8. The number of ether oxygens (including phenoxy) is 1. The van der Waals surface area contributed by atoms with Crippen LogP contribution in [-0.2, 0) is 32.1 Å². The lowest BCUT2D eigenvalue weighted by molar-refractivity contribution is -0.187. The number of nitriles is 1. The van der Waals surface area contributed by atoms with Crippen LogP contribution < -0.4 is 0 Å². The summed E-state index contributed by atoms with van der Waals surface area (Å²) in [4.78, 5) is 4.36. The van der Waals surface area contributed by atoms with Crippen LogP contribution in [0.5, 0.6) is 11.8 Å². The highest BCUT2D eigenvalue weighted by Crippen LogP contribution is 2.59. The normalized spacial score (nSPS) is 26.1. The largest absolute Gasteiger partial charge is 0.494 e. The zero-order valence-electron chi connectivity index (χ0n) is 22.5. The van der Waals surface area contributed by atoms with E-state index < -0.39 is 50.3 Å². The van der Waals surface area contributed by atoms with E-state index in [1.165, 1.54) is 16.4 Å². The van der Waals surface area contributed by atoms with Crippen molar-refractivity contribution in [3.05, 3.63) is 40.5 Å². The van der Waals surface area contributed by atoms with Crippen molar-refractivity contribution in [1.29, 1.82) is 5.26 Å². The Balaban J connectivity index is 1.37. The molecule has 1 aromatic carbocycles. The molecular formula is C26H32F3N5O5S. The summed E-state index contributed by atoms with van der Waals surface area (Å²) < 4.78 is 73.9. The van der Waals surface area contributed by atoms with Gasteiger partial charge in [0.1, 0.15) is 11.2 Å². The molecule has 0 aliphatic carbocycles. The number of benzene rings is 1. The van der Waals surface area contributed by atoms with Crippen LogP contribution in [0.3, 0.4) is 0 Å². The second-order valence-electron chi connectivity index (χ2n) is 11.0. The Hall–Kier alpha value is -2.83. The minimum atomic E-state index is -4.79. The Morgan fingerprint density at radius 1 is 1.00 bits per heavy atom. The molecule has 2 aromatic rings. The van der Waals surface area contributed by atoms with Gasteiger partial charge in [0.2, 0.25) is 21.8 Å². The van der Waals surface area contributed by atoms with Gasteiger partial charge in [-0.2, -0.15) is 22.7 Å². The van der Waals surface area contributed by atoms with Crippen LogP contribution in [-0.4, -0.2) is 95.4 Å². The standard InChI is InChI=1S/C26H32F3N5O5S/c1-4-40(37,38)33-11-9-31(10-12-33)7-8-32-15-24(2)20-21(25(3,16-32)39-24)23(36)34(22(20)35)18-6-5-17(14-30)19(13-18)26(27,28)29/h5-6,13,35-36H,4,7-12,15-16H2,1-3H3. The summed E-state index contributed by atoms with van der Waals surface area (Å²) in [5, 5.41) is 31.6. The molecule has 2 fully saturated rings. The molecule has 4 heterocycles. The molecule has 0 amide bonds. The van der Waals surface area contributed by atoms with Gasteiger partial charge < -0.3 is 14.9 Å². The third-order valence-corrected chi connectivity index (χ3v) is 10.1. The first-order valence-electron chi connectivity index (χ1n) is 13.1. The Morgan fingerprint density at radius 2 is 1.55 bits per heavy atom. The van der Waals surface area contributed by atoms with Gasteiger partial charge in [-0.05, 0) is 39.0 Å². The number of piperazine rings is 1. The Kier molecular flexibility index (Phi) is 6.91. The van der Waals surface area contributed by atoms with Gasteiger partial charge in [0.25, 0.3) is 0 Å². The van der Waals surface area contributed by atoms with Gasteiger partial charge in [-0.15, -0.1) is 0 Å². The molecule has 14 heteroatoms. The van der Waals surface area contributed by atoms with E-state index in [0.29, 0.717) is 63.5 Å². The first kappa shape index (κ1) is 28.7. The molecule has 2 saturated heterocycles.